The summed E-state index contributed by atoms with van der Waals surface area (Å²) in [5.74, 6) is 0. The molecule has 0 radical (unpaired) electrons. The van der Waals surface area contributed by atoms with Gasteiger partial charge in [0.05, 0.1) is 0 Å². The van der Waals surface area contributed by atoms with E-state index in [9.17, 15) is 0 Å². The van der Waals surface area contributed by atoms with Gasteiger partial charge in [-0.05, 0) is 46.6 Å². The summed E-state index contributed by atoms with van der Waals surface area (Å²) in [6.45, 7) is 10.2. The van der Waals surface area contributed by atoms with E-state index >= 15 is 0 Å². The fraction of sp³-hybridized carbons (Fsp3) is 0.917. The van der Waals surface area contributed by atoms with Gasteiger partial charge in [0.1, 0.15) is 0 Å². The average molecular weight is 453 g/mol. The van der Waals surface area contributed by atoms with Crippen molar-refractivity contribution in [3.05, 3.63) is 12.2 Å². The Bertz CT molecular complexity index is 100. The molecule has 0 amide bonds. The van der Waals surface area contributed by atoms with E-state index in [1.807, 2.05) is 14.0 Å². The quantitative estimate of drug-likeness (QED) is 0.451. The predicted octanol–water partition coefficient (Wildman–Crippen LogP) is 2.15. The molecule has 0 fully saturated rings. The van der Waals surface area contributed by atoms with Crippen molar-refractivity contribution in [1.82, 2.24) is 10.2 Å². The van der Waals surface area contributed by atoms with Crippen LogP contribution in [-0.2, 0) is 0 Å². The summed E-state index contributed by atoms with van der Waals surface area (Å²) in [4.78, 5) is 2.34. The first-order chi connectivity index (χ1) is 7.22. The Hall–Kier alpha value is 0.932. The third-order valence-corrected chi connectivity index (χ3v) is 2.07. The van der Waals surface area contributed by atoms with Crippen molar-refractivity contribution in [3.63, 3.8) is 0 Å². The Morgan fingerprint density at radius 2 is 1.81 bits per heavy atom. The number of hydrogen-bond acceptors (Lipinski definition) is 2. The van der Waals surface area contributed by atoms with Crippen LogP contribution in [0.2, 0.25) is 0 Å². The molecule has 0 aromatic carbocycles. The molecule has 0 aromatic rings. The van der Waals surface area contributed by atoms with Gasteiger partial charge in [0, 0.05) is 0 Å². The van der Waals surface area contributed by atoms with Gasteiger partial charge < -0.3 is 22.5 Å². The van der Waals surface area contributed by atoms with E-state index < -0.39 is 0 Å². The van der Waals surface area contributed by atoms with Crippen LogP contribution < -0.4 is 5.32 Å². The molecule has 16 heavy (non-hydrogen) atoms. The smallest absolute Gasteiger partial charge is 0.665 e. The molecule has 3 nitrogen and oxygen atoms in total. The molecule has 0 saturated carbocycles. The van der Waals surface area contributed by atoms with Gasteiger partial charge in [-0.2, -0.15) is 20.0 Å². The minimum Gasteiger partial charge on any atom is -0.665 e. The maximum absolute atomic E-state index is 3.82. The second-order valence-electron chi connectivity index (χ2n) is 3.60. The Morgan fingerprint density at radius 3 is 2.19 bits per heavy atom. The standard InChI is InChI=1S/C9H21N2.C3H8N.U/c1-4-8-11(3)9-6-5-7-10-2;1-3-4-2;/h10H,1,4-9H2,2-3H3;3H2,1-2H3;/q2*-1;+2. The molecule has 0 aromatic heterocycles. The van der Waals surface area contributed by atoms with Gasteiger partial charge >= 0.3 is 31.1 Å². The molecule has 0 atom stereocenters. The van der Waals surface area contributed by atoms with E-state index in [2.05, 4.69) is 29.5 Å². The molecular formula is C12H29N3U. The van der Waals surface area contributed by atoms with Crippen LogP contribution in [0.3, 0.4) is 0 Å². The Labute approximate surface area is 126 Å². The molecular weight excluding hydrogens is 424 g/mol. The van der Waals surface area contributed by atoms with Crippen LogP contribution in [0.25, 0.3) is 5.32 Å². The summed E-state index contributed by atoms with van der Waals surface area (Å²) >= 11 is 0. The van der Waals surface area contributed by atoms with E-state index in [-0.39, 0.29) is 31.1 Å². The molecule has 0 unspecified atom stereocenters. The summed E-state index contributed by atoms with van der Waals surface area (Å²) in [5, 5.41) is 6.88. The third kappa shape index (κ3) is 24.3. The fourth-order valence-corrected chi connectivity index (χ4v) is 1.07. The zero-order valence-corrected chi connectivity index (χ0v) is 15.7. The zero-order chi connectivity index (χ0) is 11.9. The van der Waals surface area contributed by atoms with E-state index in [0.29, 0.717) is 0 Å². The topological polar surface area (TPSA) is 29.4 Å². The van der Waals surface area contributed by atoms with Crippen LogP contribution in [0.4, 0.5) is 0 Å². The number of nitrogens with zero attached hydrogens (tertiary/aromatic N) is 2. The molecule has 0 heterocycles. The average Bonchev–Trinajstić information content (AvgIpc) is 2.25. The first kappa shape index (κ1) is 22.1. The summed E-state index contributed by atoms with van der Waals surface area (Å²) in [6, 6.07) is 0. The maximum atomic E-state index is 3.82. The molecule has 0 saturated heterocycles. The fourth-order valence-electron chi connectivity index (χ4n) is 1.07. The van der Waals surface area contributed by atoms with Crippen molar-refractivity contribution < 1.29 is 31.1 Å². The third-order valence-electron chi connectivity index (χ3n) is 2.07. The molecule has 0 aliphatic heterocycles. The van der Waals surface area contributed by atoms with E-state index in [1.54, 1.807) is 7.05 Å². The van der Waals surface area contributed by atoms with Crippen LogP contribution in [0, 0.1) is 38.0 Å². The molecule has 0 rings (SSSR count). The largest absolute Gasteiger partial charge is 2.00 e. The van der Waals surface area contributed by atoms with Gasteiger partial charge in [-0.1, -0.05) is 6.92 Å². The van der Waals surface area contributed by atoms with Crippen LogP contribution in [-0.4, -0.2) is 52.2 Å². The van der Waals surface area contributed by atoms with Crippen molar-refractivity contribution in [2.75, 3.05) is 47.3 Å². The summed E-state index contributed by atoms with van der Waals surface area (Å²) in [7, 11) is 5.96. The molecule has 4 heteroatoms. The van der Waals surface area contributed by atoms with Gasteiger partial charge in [0.25, 0.3) is 0 Å². The van der Waals surface area contributed by atoms with E-state index in [1.165, 1.54) is 19.4 Å². The van der Waals surface area contributed by atoms with Gasteiger partial charge in [0.2, 0.25) is 0 Å². The zero-order valence-electron chi connectivity index (χ0n) is 11.6. The molecule has 0 bridgehead atoms. The minimum absolute atomic E-state index is 0. The van der Waals surface area contributed by atoms with Crippen molar-refractivity contribution in [2.45, 2.75) is 26.2 Å². The Balaban J connectivity index is -0.000000292. The van der Waals surface area contributed by atoms with E-state index in [0.717, 1.165) is 26.1 Å². The molecule has 0 spiro atoms. The van der Waals surface area contributed by atoms with Crippen LogP contribution in [0.15, 0.2) is 0 Å². The van der Waals surface area contributed by atoms with Gasteiger partial charge in [0.15, 0.2) is 0 Å². The number of unbranched alkanes of at least 4 members (excludes halogenated alkanes) is 1. The second kappa shape index (κ2) is 21.2. The minimum atomic E-state index is 0. The molecule has 1 N–H and O–H groups in total. The predicted molar refractivity (Wildman–Crippen MR) is 70.5 cm³/mol. The van der Waals surface area contributed by atoms with Crippen molar-refractivity contribution in [1.29, 1.82) is 0 Å². The Morgan fingerprint density at radius 1 is 1.25 bits per heavy atom. The number of nitrogens with one attached hydrogen (secondary N) is 1. The van der Waals surface area contributed by atoms with Gasteiger partial charge in [-0.3, -0.25) is 0 Å². The summed E-state index contributed by atoms with van der Waals surface area (Å²) in [5.41, 5.74) is 0. The molecule has 0 aliphatic carbocycles. The van der Waals surface area contributed by atoms with Crippen LogP contribution in [0.5, 0.6) is 0 Å². The molecule has 0 aliphatic rings. The number of hydrogen-bond donors (Lipinski definition) is 1. The normalized spacial score (nSPS) is 9.38. The first-order valence-electron chi connectivity index (χ1n) is 5.90. The SMILES string of the molecule is CC[N-]C.[CH2-]CCN(C)CCCCNC.[U+2]. The summed E-state index contributed by atoms with van der Waals surface area (Å²) < 4.78 is 0. The maximum Gasteiger partial charge on any atom is 2.00 e. The summed E-state index contributed by atoms with van der Waals surface area (Å²) in [6.07, 6.45) is 3.58. The van der Waals surface area contributed by atoms with Crippen molar-refractivity contribution in [2.24, 2.45) is 0 Å². The van der Waals surface area contributed by atoms with Gasteiger partial charge in [-0.15, -0.1) is 0 Å². The second-order valence-corrected chi connectivity index (χ2v) is 3.60. The van der Waals surface area contributed by atoms with Crippen LogP contribution in [0.1, 0.15) is 26.2 Å². The molecule has 96 valence electrons. The van der Waals surface area contributed by atoms with Crippen molar-refractivity contribution in [3.8, 4) is 0 Å². The first-order valence-corrected chi connectivity index (χ1v) is 5.90. The number of rotatable bonds is 8. The van der Waals surface area contributed by atoms with Crippen LogP contribution >= 0.6 is 0 Å². The monoisotopic (exact) mass is 453 g/mol. The Kier molecular flexibility index (Phi) is 29.4. The van der Waals surface area contributed by atoms with Crippen molar-refractivity contribution >= 4 is 0 Å². The van der Waals surface area contributed by atoms with E-state index in [4.69, 9.17) is 0 Å². The van der Waals surface area contributed by atoms with Gasteiger partial charge in [-0.25, -0.2) is 0 Å².